The minimum atomic E-state index is -4.52. The molecule has 1 aromatic heterocycles. The van der Waals surface area contributed by atoms with E-state index in [0.717, 1.165) is 29.2 Å². The molecule has 0 spiro atoms. The topological polar surface area (TPSA) is 56.6 Å². The van der Waals surface area contributed by atoms with Crippen molar-refractivity contribution in [2.75, 3.05) is 19.8 Å². The van der Waals surface area contributed by atoms with Gasteiger partial charge in [0.25, 0.3) is 0 Å². The van der Waals surface area contributed by atoms with Crippen LogP contribution < -0.4 is 9.47 Å². The van der Waals surface area contributed by atoms with Crippen LogP contribution in [0.4, 0.5) is 13.2 Å². The van der Waals surface area contributed by atoms with E-state index in [1.165, 1.54) is 6.20 Å². The van der Waals surface area contributed by atoms with Crippen LogP contribution in [0.15, 0.2) is 30.5 Å². The highest BCUT2D eigenvalue weighted by molar-refractivity contribution is 5.76. The van der Waals surface area contributed by atoms with Crippen LogP contribution in [-0.2, 0) is 17.5 Å². The Morgan fingerprint density at radius 1 is 1.19 bits per heavy atom. The quantitative estimate of drug-likeness (QED) is 0.820. The number of rotatable bonds is 3. The maximum atomic E-state index is 12.7. The number of halogens is 3. The fraction of sp³-hybridized carbons (Fsp3) is 0.444. The molecule has 9 heteroatoms. The van der Waals surface area contributed by atoms with Gasteiger partial charge in [-0.15, -0.1) is 0 Å². The number of benzene rings is 1. The Bertz CT molecular complexity index is 850. The van der Waals surface area contributed by atoms with Crippen LogP contribution >= 0.6 is 0 Å². The third-order valence-electron chi connectivity index (χ3n) is 4.75. The average molecular weight is 381 g/mol. The predicted octanol–water partition coefficient (Wildman–Crippen LogP) is 3.04. The first kappa shape index (κ1) is 17.7. The average Bonchev–Trinajstić information content (AvgIpc) is 3.30. The molecule has 0 bridgehead atoms. The van der Waals surface area contributed by atoms with Crippen molar-refractivity contribution in [1.82, 2.24) is 14.7 Å². The highest BCUT2D eigenvalue weighted by Crippen LogP contribution is 2.38. The van der Waals surface area contributed by atoms with Gasteiger partial charge < -0.3 is 14.4 Å². The molecule has 2 aliphatic heterocycles. The lowest BCUT2D eigenvalue weighted by Crippen LogP contribution is -2.33. The summed E-state index contributed by atoms with van der Waals surface area (Å²) in [5, 5.41) is 3.46. The summed E-state index contributed by atoms with van der Waals surface area (Å²) < 4.78 is 50.2. The Kier molecular flexibility index (Phi) is 4.45. The van der Waals surface area contributed by atoms with Crippen molar-refractivity contribution in [3.63, 3.8) is 0 Å². The highest BCUT2D eigenvalue weighted by Gasteiger charge is 2.34. The zero-order chi connectivity index (χ0) is 19.0. The lowest BCUT2D eigenvalue weighted by Gasteiger charge is -2.26. The van der Waals surface area contributed by atoms with Crippen molar-refractivity contribution in [2.24, 2.45) is 0 Å². The number of hydrogen-bond acceptors (Lipinski definition) is 4. The number of carbonyl (C=O) groups excluding carboxylic acids is 1. The Morgan fingerprint density at radius 2 is 1.96 bits per heavy atom. The zero-order valence-electron chi connectivity index (χ0n) is 14.4. The maximum absolute atomic E-state index is 12.7. The van der Waals surface area contributed by atoms with Crippen LogP contribution in [0, 0.1) is 0 Å². The molecule has 3 heterocycles. The first-order valence-electron chi connectivity index (χ1n) is 8.71. The van der Waals surface area contributed by atoms with Crippen molar-refractivity contribution in [3.8, 4) is 11.5 Å². The van der Waals surface area contributed by atoms with Crippen molar-refractivity contribution < 1.29 is 27.4 Å². The SMILES string of the molecule is O=C(Cn1ccc(C(F)(F)F)n1)N1CCCC1c1ccc2c(c1)OCCO2. The normalized spacial score (nSPS) is 19.4. The van der Waals surface area contributed by atoms with Gasteiger partial charge in [0.1, 0.15) is 19.8 Å². The fourth-order valence-electron chi connectivity index (χ4n) is 3.51. The Labute approximate surface area is 153 Å². The Balaban J connectivity index is 1.49. The van der Waals surface area contributed by atoms with E-state index in [4.69, 9.17) is 9.47 Å². The summed E-state index contributed by atoms with van der Waals surface area (Å²) >= 11 is 0. The Morgan fingerprint density at radius 3 is 2.70 bits per heavy atom. The molecule has 144 valence electrons. The second-order valence-corrected chi connectivity index (χ2v) is 6.54. The number of aromatic nitrogens is 2. The maximum Gasteiger partial charge on any atom is 0.435 e. The Hall–Kier alpha value is -2.71. The van der Waals surface area contributed by atoms with Gasteiger partial charge in [0.05, 0.1) is 6.04 Å². The summed E-state index contributed by atoms with van der Waals surface area (Å²) in [4.78, 5) is 14.4. The number of hydrogen-bond donors (Lipinski definition) is 0. The standard InChI is InChI=1S/C18H18F3N3O3/c19-18(20,21)16-5-7-23(22-16)11-17(25)24-6-1-2-13(24)12-3-4-14-15(10-12)27-9-8-26-14/h3-5,7,10,13H,1-2,6,8-9,11H2. The molecule has 1 aromatic carbocycles. The molecule has 1 amide bonds. The molecule has 0 aliphatic carbocycles. The first-order chi connectivity index (χ1) is 12.9. The largest absolute Gasteiger partial charge is 0.486 e. The third-order valence-corrected chi connectivity index (χ3v) is 4.75. The van der Waals surface area contributed by atoms with E-state index in [0.29, 0.717) is 31.3 Å². The zero-order valence-corrected chi connectivity index (χ0v) is 14.4. The van der Waals surface area contributed by atoms with Gasteiger partial charge in [-0.1, -0.05) is 6.07 Å². The molecule has 0 N–H and O–H groups in total. The third kappa shape index (κ3) is 3.58. The van der Waals surface area contributed by atoms with Gasteiger partial charge in [0.15, 0.2) is 17.2 Å². The number of alkyl halides is 3. The smallest absolute Gasteiger partial charge is 0.435 e. The van der Waals surface area contributed by atoms with E-state index in [9.17, 15) is 18.0 Å². The van der Waals surface area contributed by atoms with Gasteiger partial charge in [0, 0.05) is 12.7 Å². The summed E-state index contributed by atoms with van der Waals surface area (Å²) in [6.45, 7) is 1.32. The number of fused-ring (bicyclic) bond motifs is 1. The van der Waals surface area contributed by atoms with Crippen LogP contribution in [0.1, 0.15) is 30.1 Å². The number of ether oxygens (including phenoxy) is 2. The van der Waals surface area contributed by atoms with E-state index in [-0.39, 0.29) is 18.5 Å². The monoisotopic (exact) mass is 381 g/mol. The molecule has 1 fully saturated rings. The molecular formula is C18H18F3N3O3. The molecule has 2 aliphatic rings. The molecular weight excluding hydrogens is 363 g/mol. The number of carbonyl (C=O) groups is 1. The van der Waals surface area contributed by atoms with Crippen LogP contribution in [0.5, 0.6) is 11.5 Å². The van der Waals surface area contributed by atoms with E-state index in [2.05, 4.69) is 5.10 Å². The molecule has 1 atom stereocenters. The number of amides is 1. The van der Waals surface area contributed by atoms with E-state index in [1.807, 2.05) is 18.2 Å². The summed E-state index contributed by atoms with van der Waals surface area (Å²) in [5.41, 5.74) is -0.0679. The van der Waals surface area contributed by atoms with Crippen molar-refractivity contribution >= 4 is 5.91 Å². The van der Waals surface area contributed by atoms with E-state index in [1.54, 1.807) is 4.90 Å². The van der Waals surface area contributed by atoms with Crippen LogP contribution in [0.3, 0.4) is 0 Å². The fourth-order valence-corrected chi connectivity index (χ4v) is 3.51. The summed E-state index contributed by atoms with van der Waals surface area (Å²) in [7, 11) is 0. The van der Waals surface area contributed by atoms with Gasteiger partial charge in [-0.05, 0) is 36.6 Å². The molecule has 0 saturated carbocycles. The predicted molar refractivity (Wildman–Crippen MR) is 88.3 cm³/mol. The van der Waals surface area contributed by atoms with Gasteiger partial charge >= 0.3 is 6.18 Å². The molecule has 27 heavy (non-hydrogen) atoms. The molecule has 0 radical (unpaired) electrons. The van der Waals surface area contributed by atoms with Crippen molar-refractivity contribution in [1.29, 1.82) is 0 Å². The van der Waals surface area contributed by atoms with Gasteiger partial charge in [-0.2, -0.15) is 18.3 Å². The second kappa shape index (κ2) is 6.79. The summed E-state index contributed by atoms with van der Waals surface area (Å²) in [6, 6.07) is 6.34. The lowest BCUT2D eigenvalue weighted by molar-refractivity contribution is -0.142. The molecule has 1 saturated heterocycles. The minimum Gasteiger partial charge on any atom is -0.486 e. The van der Waals surface area contributed by atoms with Crippen LogP contribution in [0.25, 0.3) is 0 Å². The molecule has 2 aromatic rings. The van der Waals surface area contributed by atoms with Crippen molar-refractivity contribution in [3.05, 3.63) is 41.7 Å². The number of nitrogens with zero attached hydrogens (tertiary/aromatic N) is 3. The first-order valence-corrected chi connectivity index (χ1v) is 8.71. The van der Waals surface area contributed by atoms with Gasteiger partial charge in [-0.25, -0.2) is 0 Å². The molecule has 4 rings (SSSR count). The molecule has 6 nitrogen and oxygen atoms in total. The van der Waals surface area contributed by atoms with Crippen LogP contribution in [0.2, 0.25) is 0 Å². The minimum absolute atomic E-state index is 0.133. The van der Waals surface area contributed by atoms with Crippen molar-refractivity contribution in [2.45, 2.75) is 31.6 Å². The molecule has 1 unspecified atom stereocenters. The number of likely N-dealkylation sites (tertiary alicyclic amines) is 1. The van der Waals surface area contributed by atoms with Gasteiger partial charge in [-0.3, -0.25) is 9.48 Å². The summed E-state index contributed by atoms with van der Waals surface area (Å²) in [5.74, 6) is 1.07. The van der Waals surface area contributed by atoms with E-state index >= 15 is 0 Å². The summed E-state index contributed by atoms with van der Waals surface area (Å²) in [6.07, 6.45) is -1.72. The van der Waals surface area contributed by atoms with E-state index < -0.39 is 11.9 Å². The second-order valence-electron chi connectivity index (χ2n) is 6.54. The lowest BCUT2D eigenvalue weighted by atomic mass is 10.0. The van der Waals surface area contributed by atoms with Gasteiger partial charge in [0.2, 0.25) is 5.91 Å². The highest BCUT2D eigenvalue weighted by atomic mass is 19.4. The van der Waals surface area contributed by atoms with Crippen LogP contribution in [-0.4, -0.2) is 40.3 Å².